The molecule has 1 unspecified atom stereocenters. The summed E-state index contributed by atoms with van der Waals surface area (Å²) in [5, 5.41) is 0. The van der Waals surface area contributed by atoms with Gasteiger partial charge in [-0.3, -0.25) is 9.59 Å². The van der Waals surface area contributed by atoms with Crippen molar-refractivity contribution in [2.45, 2.75) is 57.3 Å². The van der Waals surface area contributed by atoms with Gasteiger partial charge in [-0.05, 0) is 68.4 Å². The van der Waals surface area contributed by atoms with Crippen LogP contribution < -0.4 is 9.47 Å². The highest BCUT2D eigenvalue weighted by Gasteiger charge is 2.32. The Morgan fingerprint density at radius 1 is 0.897 bits per heavy atom. The van der Waals surface area contributed by atoms with E-state index in [0.717, 1.165) is 49.2 Å². The maximum atomic E-state index is 12.2. The van der Waals surface area contributed by atoms with Crippen LogP contribution in [0.3, 0.4) is 0 Å². The van der Waals surface area contributed by atoms with Gasteiger partial charge >= 0.3 is 11.9 Å². The Morgan fingerprint density at radius 3 is 2.13 bits per heavy atom. The van der Waals surface area contributed by atoms with Gasteiger partial charge in [-0.2, -0.15) is 0 Å². The summed E-state index contributed by atoms with van der Waals surface area (Å²) >= 11 is 0. The Hall–Kier alpha value is -3.36. The number of benzene rings is 2. The number of unbranched alkanes of at least 4 members (excludes halogenated alkanes) is 1. The SMILES string of the molecule is COC(=O)C(C[C@H](C=CCc1ccc(OCCCCOc2ccccc2)cc1)OC1CCCCO1)C(=O)OC. The molecule has 0 aliphatic carbocycles. The highest BCUT2D eigenvalue weighted by atomic mass is 16.7. The average Bonchev–Trinajstić information content (AvgIpc) is 2.98. The molecule has 8 heteroatoms. The minimum Gasteiger partial charge on any atom is -0.494 e. The van der Waals surface area contributed by atoms with Crippen LogP contribution in [0.15, 0.2) is 66.7 Å². The van der Waals surface area contributed by atoms with E-state index in [1.807, 2.05) is 66.7 Å². The Morgan fingerprint density at radius 2 is 1.54 bits per heavy atom. The number of hydrogen-bond donors (Lipinski definition) is 0. The van der Waals surface area contributed by atoms with E-state index in [2.05, 4.69) is 0 Å². The molecule has 0 saturated carbocycles. The summed E-state index contributed by atoms with van der Waals surface area (Å²) in [4.78, 5) is 24.4. The highest BCUT2D eigenvalue weighted by molar-refractivity contribution is 5.94. The van der Waals surface area contributed by atoms with Crippen LogP contribution in [0.4, 0.5) is 0 Å². The molecule has 39 heavy (non-hydrogen) atoms. The Balaban J connectivity index is 1.46. The lowest BCUT2D eigenvalue weighted by atomic mass is 10.0. The third kappa shape index (κ3) is 11.1. The smallest absolute Gasteiger partial charge is 0.320 e. The molecular formula is C31H40O8. The van der Waals surface area contributed by atoms with E-state index in [1.165, 1.54) is 14.2 Å². The lowest BCUT2D eigenvalue weighted by molar-refractivity contribution is -0.185. The zero-order valence-electron chi connectivity index (χ0n) is 22.9. The van der Waals surface area contributed by atoms with Crippen molar-refractivity contribution in [3.63, 3.8) is 0 Å². The second-order valence-corrected chi connectivity index (χ2v) is 9.30. The third-order valence-electron chi connectivity index (χ3n) is 6.35. The number of para-hydroxylation sites is 1. The molecule has 0 aromatic heterocycles. The fourth-order valence-corrected chi connectivity index (χ4v) is 4.18. The summed E-state index contributed by atoms with van der Waals surface area (Å²) in [6.45, 7) is 1.92. The summed E-state index contributed by atoms with van der Waals surface area (Å²) in [6.07, 6.45) is 8.33. The van der Waals surface area contributed by atoms with Crippen molar-refractivity contribution in [1.29, 1.82) is 0 Å². The normalized spacial score (nSPS) is 16.1. The molecule has 1 aliphatic rings. The number of carbonyl (C=O) groups excluding carboxylic acids is 2. The van der Waals surface area contributed by atoms with Gasteiger partial charge in [0.15, 0.2) is 12.2 Å². The molecule has 2 aromatic rings. The fraction of sp³-hybridized carbons (Fsp3) is 0.484. The number of esters is 2. The zero-order valence-corrected chi connectivity index (χ0v) is 22.9. The number of rotatable bonds is 16. The average molecular weight is 541 g/mol. The molecule has 0 radical (unpaired) electrons. The molecule has 0 spiro atoms. The van der Waals surface area contributed by atoms with Gasteiger partial charge in [0, 0.05) is 13.0 Å². The van der Waals surface area contributed by atoms with Gasteiger partial charge in [0.2, 0.25) is 0 Å². The van der Waals surface area contributed by atoms with E-state index in [0.29, 0.717) is 26.2 Å². The molecule has 1 heterocycles. The minimum absolute atomic E-state index is 0.110. The standard InChI is InChI=1S/C31H40O8/c1-34-30(32)28(31(33)35-2)23-27(39-29-15-6-7-22-38-29)14-10-11-24-16-18-26(19-17-24)37-21-9-8-20-36-25-12-4-3-5-13-25/h3-5,10,12-14,16-19,27-29H,6-9,11,15,20-23H2,1-2H3/t27-,29?/m0/s1. The van der Waals surface area contributed by atoms with Crippen molar-refractivity contribution in [2.75, 3.05) is 34.0 Å². The van der Waals surface area contributed by atoms with E-state index in [4.69, 9.17) is 28.4 Å². The Kier molecular flexibility index (Phi) is 13.4. The van der Waals surface area contributed by atoms with Crippen molar-refractivity contribution < 1.29 is 38.0 Å². The molecule has 1 saturated heterocycles. The molecule has 212 valence electrons. The molecule has 2 atom stereocenters. The molecule has 0 N–H and O–H groups in total. The van der Waals surface area contributed by atoms with Crippen LogP contribution in [-0.4, -0.2) is 58.4 Å². The Bertz CT molecular complexity index is 983. The van der Waals surface area contributed by atoms with Crippen molar-refractivity contribution in [3.05, 3.63) is 72.3 Å². The predicted molar refractivity (Wildman–Crippen MR) is 147 cm³/mol. The van der Waals surface area contributed by atoms with Gasteiger partial charge < -0.3 is 28.4 Å². The van der Waals surface area contributed by atoms with Crippen LogP contribution in [0, 0.1) is 5.92 Å². The molecular weight excluding hydrogens is 500 g/mol. The first-order valence-corrected chi connectivity index (χ1v) is 13.6. The topological polar surface area (TPSA) is 89.5 Å². The van der Waals surface area contributed by atoms with Crippen molar-refractivity contribution >= 4 is 11.9 Å². The van der Waals surface area contributed by atoms with Gasteiger partial charge in [0.1, 0.15) is 11.5 Å². The zero-order chi connectivity index (χ0) is 27.7. The second-order valence-electron chi connectivity index (χ2n) is 9.30. The maximum absolute atomic E-state index is 12.2. The number of ether oxygens (including phenoxy) is 6. The van der Waals surface area contributed by atoms with Crippen LogP contribution >= 0.6 is 0 Å². The lowest BCUT2D eigenvalue weighted by Crippen LogP contribution is -2.33. The van der Waals surface area contributed by atoms with Crippen LogP contribution in [0.2, 0.25) is 0 Å². The number of methoxy groups -OCH3 is 2. The van der Waals surface area contributed by atoms with Gasteiger partial charge in [-0.25, -0.2) is 0 Å². The summed E-state index contributed by atoms with van der Waals surface area (Å²) in [5.41, 5.74) is 1.10. The van der Waals surface area contributed by atoms with E-state index in [1.54, 1.807) is 0 Å². The van der Waals surface area contributed by atoms with Gasteiger partial charge in [-0.15, -0.1) is 0 Å². The first-order valence-electron chi connectivity index (χ1n) is 13.6. The molecule has 0 bridgehead atoms. The number of hydrogen-bond acceptors (Lipinski definition) is 8. The first-order chi connectivity index (χ1) is 19.1. The van der Waals surface area contributed by atoms with Crippen molar-refractivity contribution in [2.24, 2.45) is 5.92 Å². The summed E-state index contributed by atoms with van der Waals surface area (Å²) in [5.74, 6) is -0.656. The monoisotopic (exact) mass is 540 g/mol. The summed E-state index contributed by atoms with van der Waals surface area (Å²) in [7, 11) is 2.50. The minimum atomic E-state index is -1.07. The molecule has 1 aliphatic heterocycles. The fourth-order valence-electron chi connectivity index (χ4n) is 4.18. The van der Waals surface area contributed by atoms with Crippen molar-refractivity contribution in [1.82, 2.24) is 0 Å². The quantitative estimate of drug-likeness (QED) is 0.123. The second kappa shape index (κ2) is 17.3. The van der Waals surface area contributed by atoms with E-state index in [9.17, 15) is 9.59 Å². The molecule has 1 fully saturated rings. The van der Waals surface area contributed by atoms with E-state index >= 15 is 0 Å². The lowest BCUT2D eigenvalue weighted by Gasteiger charge is -2.27. The van der Waals surface area contributed by atoms with Gasteiger partial charge in [0.05, 0.1) is 33.5 Å². The molecule has 3 rings (SSSR count). The van der Waals surface area contributed by atoms with Crippen molar-refractivity contribution in [3.8, 4) is 11.5 Å². The van der Waals surface area contributed by atoms with Gasteiger partial charge in [-0.1, -0.05) is 42.5 Å². The molecule has 8 nitrogen and oxygen atoms in total. The first kappa shape index (κ1) is 30.2. The van der Waals surface area contributed by atoms with Gasteiger partial charge in [0.25, 0.3) is 0 Å². The summed E-state index contributed by atoms with van der Waals surface area (Å²) < 4.78 is 33.0. The third-order valence-corrected chi connectivity index (χ3v) is 6.35. The molecule has 0 amide bonds. The number of allylic oxidation sites excluding steroid dienone is 1. The van der Waals surface area contributed by atoms with Crippen LogP contribution in [0.25, 0.3) is 0 Å². The van der Waals surface area contributed by atoms with Crippen LogP contribution in [0.5, 0.6) is 11.5 Å². The maximum Gasteiger partial charge on any atom is 0.320 e. The van der Waals surface area contributed by atoms with E-state index < -0.39 is 24.0 Å². The van der Waals surface area contributed by atoms with Crippen LogP contribution in [-0.2, 0) is 35.0 Å². The summed E-state index contributed by atoms with van der Waals surface area (Å²) in [6, 6.07) is 17.7. The Labute approximate surface area is 231 Å². The van der Waals surface area contributed by atoms with Crippen LogP contribution in [0.1, 0.15) is 44.1 Å². The molecule has 2 aromatic carbocycles. The largest absolute Gasteiger partial charge is 0.494 e. The number of carbonyl (C=O) groups is 2. The predicted octanol–water partition coefficient (Wildman–Crippen LogP) is 5.29. The van der Waals surface area contributed by atoms with E-state index in [-0.39, 0.29) is 12.7 Å². The highest BCUT2D eigenvalue weighted by Crippen LogP contribution is 2.22.